The van der Waals surface area contributed by atoms with Crippen molar-refractivity contribution in [3.05, 3.63) is 40.2 Å². The zero-order valence-corrected chi connectivity index (χ0v) is 12.5. The van der Waals surface area contributed by atoms with E-state index in [9.17, 15) is 0 Å². The van der Waals surface area contributed by atoms with E-state index in [0.717, 1.165) is 11.1 Å². The summed E-state index contributed by atoms with van der Waals surface area (Å²) in [5, 5.41) is 2.11. The lowest BCUT2D eigenvalue weighted by molar-refractivity contribution is 0.264. The molecule has 0 amide bonds. The molecule has 1 aromatic carbocycles. The molecule has 19 heavy (non-hydrogen) atoms. The molecule has 0 N–H and O–H groups in total. The van der Waals surface area contributed by atoms with Crippen molar-refractivity contribution in [1.29, 1.82) is 0 Å². The van der Waals surface area contributed by atoms with Crippen LogP contribution in [0.15, 0.2) is 30.3 Å². The molecule has 2 aromatic rings. The zero-order valence-electron chi connectivity index (χ0n) is 10.9. The Morgan fingerprint density at radius 2 is 2.16 bits per heavy atom. The summed E-state index contributed by atoms with van der Waals surface area (Å²) in [7, 11) is 2.26. The minimum atomic E-state index is 0.655. The monoisotopic (exact) mass is 289 g/mol. The number of rotatable bonds is 1. The number of nitrogens with zero attached hydrogens (tertiary/aromatic N) is 1. The van der Waals surface area contributed by atoms with Gasteiger partial charge in [0.2, 0.25) is 0 Å². The molecule has 4 rings (SSSR count). The van der Waals surface area contributed by atoms with Gasteiger partial charge in [-0.05, 0) is 61.5 Å². The van der Waals surface area contributed by atoms with E-state index in [1.165, 1.54) is 34.2 Å². The third-order valence-corrected chi connectivity index (χ3v) is 5.97. The lowest BCUT2D eigenvalue weighted by Gasteiger charge is -2.29. The predicted molar refractivity (Wildman–Crippen MR) is 84.0 cm³/mol. The van der Waals surface area contributed by atoms with Crippen LogP contribution in [-0.4, -0.2) is 24.0 Å². The van der Waals surface area contributed by atoms with Crippen molar-refractivity contribution in [1.82, 2.24) is 4.90 Å². The Hall–Kier alpha value is -0.830. The largest absolute Gasteiger partial charge is 0.297 e. The fourth-order valence-electron chi connectivity index (χ4n) is 3.40. The molecule has 1 aromatic heterocycles. The highest BCUT2D eigenvalue weighted by molar-refractivity contribution is 7.20. The van der Waals surface area contributed by atoms with Gasteiger partial charge in [-0.25, -0.2) is 0 Å². The highest BCUT2D eigenvalue weighted by Gasteiger charge is 2.34. The maximum atomic E-state index is 6.07. The first kappa shape index (κ1) is 12.0. The predicted octanol–water partition coefficient (Wildman–Crippen LogP) is 4.80. The topological polar surface area (TPSA) is 3.24 Å². The highest BCUT2D eigenvalue weighted by Crippen LogP contribution is 2.41. The summed E-state index contributed by atoms with van der Waals surface area (Å²) in [5.41, 5.74) is 1.54. The van der Waals surface area contributed by atoms with Crippen LogP contribution in [0.1, 0.15) is 24.1 Å². The van der Waals surface area contributed by atoms with Crippen molar-refractivity contribution < 1.29 is 0 Å². The van der Waals surface area contributed by atoms with E-state index in [0.29, 0.717) is 6.04 Å². The molecular formula is C16H16ClNS. The number of hydrogen-bond acceptors (Lipinski definition) is 2. The summed E-state index contributed by atoms with van der Waals surface area (Å²) >= 11 is 7.97. The number of likely N-dealkylation sites (N-methyl/N-ethyl adjacent to an activating group) is 1. The Kier molecular flexibility index (Phi) is 2.73. The number of thiophene rings is 1. The standard InChI is InChI=1S/C16H16ClNS/c1-18-13-3-4-14(18)8-11(7-13)16-9-10-6-12(17)2-5-15(10)19-16/h2,5-7,9,13-14H,3-4,8H2,1H3. The van der Waals surface area contributed by atoms with Crippen molar-refractivity contribution in [2.45, 2.75) is 31.3 Å². The van der Waals surface area contributed by atoms with Crippen molar-refractivity contribution in [3.8, 4) is 0 Å². The fraction of sp³-hybridized carbons (Fsp3) is 0.375. The van der Waals surface area contributed by atoms with Crippen LogP contribution in [0.25, 0.3) is 15.7 Å². The third-order valence-electron chi connectivity index (χ3n) is 4.54. The van der Waals surface area contributed by atoms with Gasteiger partial charge in [-0.3, -0.25) is 4.90 Å². The molecule has 3 heteroatoms. The van der Waals surface area contributed by atoms with E-state index in [1.807, 2.05) is 17.4 Å². The first-order valence-electron chi connectivity index (χ1n) is 6.83. The fourth-order valence-corrected chi connectivity index (χ4v) is 4.66. The molecule has 1 saturated heterocycles. The summed E-state index contributed by atoms with van der Waals surface area (Å²) in [6.45, 7) is 0. The maximum Gasteiger partial charge on any atom is 0.0412 e. The molecular weight excluding hydrogens is 274 g/mol. The van der Waals surface area contributed by atoms with Gasteiger partial charge in [-0.1, -0.05) is 17.7 Å². The van der Waals surface area contributed by atoms with Crippen LogP contribution < -0.4 is 0 Å². The second-order valence-electron chi connectivity index (χ2n) is 5.65. The summed E-state index contributed by atoms with van der Waals surface area (Å²) in [6, 6.07) is 9.90. The van der Waals surface area contributed by atoms with E-state index in [1.54, 1.807) is 5.57 Å². The van der Waals surface area contributed by atoms with Crippen LogP contribution in [0.5, 0.6) is 0 Å². The molecule has 0 saturated carbocycles. The minimum absolute atomic E-state index is 0.655. The smallest absolute Gasteiger partial charge is 0.0412 e. The molecule has 1 fully saturated rings. The van der Waals surface area contributed by atoms with Gasteiger partial charge in [0.15, 0.2) is 0 Å². The first-order valence-corrected chi connectivity index (χ1v) is 8.02. The van der Waals surface area contributed by atoms with E-state index in [-0.39, 0.29) is 0 Å². The van der Waals surface area contributed by atoms with Gasteiger partial charge in [0.1, 0.15) is 0 Å². The van der Waals surface area contributed by atoms with Gasteiger partial charge < -0.3 is 0 Å². The molecule has 0 aliphatic carbocycles. The Morgan fingerprint density at radius 3 is 3.00 bits per heavy atom. The summed E-state index contributed by atoms with van der Waals surface area (Å²) < 4.78 is 1.34. The second-order valence-corrected chi connectivity index (χ2v) is 7.17. The second kappa shape index (κ2) is 4.34. The molecule has 0 radical (unpaired) electrons. The normalized spacial score (nSPS) is 26.9. The molecule has 2 bridgehead atoms. The minimum Gasteiger partial charge on any atom is -0.297 e. The summed E-state index contributed by atoms with van der Waals surface area (Å²) in [5.74, 6) is 0. The number of hydrogen-bond donors (Lipinski definition) is 0. The summed E-state index contributed by atoms with van der Waals surface area (Å²) in [4.78, 5) is 3.97. The van der Waals surface area contributed by atoms with Crippen molar-refractivity contribution in [2.24, 2.45) is 0 Å². The van der Waals surface area contributed by atoms with Crippen LogP contribution in [0.2, 0.25) is 5.02 Å². The van der Waals surface area contributed by atoms with Crippen LogP contribution in [0.4, 0.5) is 0 Å². The van der Waals surface area contributed by atoms with Gasteiger partial charge in [0, 0.05) is 26.7 Å². The van der Waals surface area contributed by atoms with Gasteiger partial charge in [0.05, 0.1) is 0 Å². The molecule has 1 nitrogen and oxygen atoms in total. The zero-order chi connectivity index (χ0) is 13.0. The molecule has 2 unspecified atom stereocenters. The van der Waals surface area contributed by atoms with Crippen LogP contribution in [0.3, 0.4) is 0 Å². The van der Waals surface area contributed by atoms with Crippen LogP contribution in [-0.2, 0) is 0 Å². The van der Waals surface area contributed by atoms with Crippen molar-refractivity contribution in [3.63, 3.8) is 0 Å². The van der Waals surface area contributed by atoms with E-state index >= 15 is 0 Å². The first-order chi connectivity index (χ1) is 9.20. The lowest BCUT2D eigenvalue weighted by atomic mass is 10.0. The van der Waals surface area contributed by atoms with E-state index in [4.69, 9.17) is 11.6 Å². The Bertz CT molecular complexity index is 672. The average Bonchev–Trinajstić information content (AvgIpc) is 2.86. The van der Waals surface area contributed by atoms with E-state index in [2.05, 4.69) is 36.2 Å². The van der Waals surface area contributed by atoms with Crippen molar-refractivity contribution in [2.75, 3.05) is 7.05 Å². The van der Waals surface area contributed by atoms with Crippen molar-refractivity contribution >= 4 is 38.6 Å². The van der Waals surface area contributed by atoms with E-state index < -0.39 is 0 Å². The maximum absolute atomic E-state index is 6.07. The molecule has 0 spiro atoms. The number of halogens is 1. The average molecular weight is 290 g/mol. The number of benzene rings is 1. The molecule has 2 atom stereocenters. The molecule has 2 aliphatic rings. The van der Waals surface area contributed by atoms with Gasteiger partial charge in [0.25, 0.3) is 0 Å². The molecule has 2 aliphatic heterocycles. The van der Waals surface area contributed by atoms with Gasteiger partial charge >= 0.3 is 0 Å². The Labute approximate surface area is 122 Å². The van der Waals surface area contributed by atoms with Crippen LogP contribution >= 0.6 is 22.9 Å². The molecule has 98 valence electrons. The lowest BCUT2D eigenvalue weighted by Crippen LogP contribution is -2.34. The van der Waals surface area contributed by atoms with Gasteiger partial charge in [-0.2, -0.15) is 0 Å². The SMILES string of the molecule is CN1C2C=C(c3cc4cc(Cl)ccc4s3)CC1CC2. The highest BCUT2D eigenvalue weighted by atomic mass is 35.5. The molecule has 3 heterocycles. The van der Waals surface area contributed by atoms with Gasteiger partial charge in [-0.15, -0.1) is 11.3 Å². The van der Waals surface area contributed by atoms with Crippen LogP contribution in [0, 0.1) is 0 Å². The third kappa shape index (κ3) is 1.94. The Balaban J connectivity index is 1.77. The quantitative estimate of drug-likeness (QED) is 0.728. The summed E-state index contributed by atoms with van der Waals surface area (Å²) in [6.07, 6.45) is 6.35. The Morgan fingerprint density at radius 1 is 1.26 bits per heavy atom. The number of fused-ring (bicyclic) bond motifs is 3.